The Morgan fingerprint density at radius 3 is 2.67 bits per heavy atom. The Balaban J connectivity index is 1.87. The van der Waals surface area contributed by atoms with E-state index in [9.17, 15) is 9.90 Å². The van der Waals surface area contributed by atoms with E-state index in [1.165, 1.54) is 0 Å². The van der Waals surface area contributed by atoms with Gasteiger partial charge in [-0.2, -0.15) is 0 Å². The molecule has 0 unspecified atom stereocenters. The van der Waals surface area contributed by atoms with Crippen LogP contribution in [0.3, 0.4) is 0 Å². The standard InChI is InChI=1S/C13H19NO4/c1-10-3-4-11(18-10)5-6-14(2)12(16)13(7-15)8-17-9-13/h3-4,15H,5-9H2,1-2H3. The van der Waals surface area contributed by atoms with Crippen LogP contribution in [0.25, 0.3) is 0 Å². The first-order chi connectivity index (χ1) is 8.57. The molecule has 1 fully saturated rings. The smallest absolute Gasteiger partial charge is 0.235 e. The van der Waals surface area contributed by atoms with Crippen molar-refractivity contribution in [1.82, 2.24) is 4.90 Å². The van der Waals surface area contributed by atoms with Crippen LogP contribution in [0.1, 0.15) is 11.5 Å². The molecular weight excluding hydrogens is 234 g/mol. The highest BCUT2D eigenvalue weighted by Crippen LogP contribution is 2.28. The maximum atomic E-state index is 12.2. The number of amides is 1. The summed E-state index contributed by atoms with van der Waals surface area (Å²) in [7, 11) is 1.74. The number of hydrogen-bond donors (Lipinski definition) is 1. The summed E-state index contributed by atoms with van der Waals surface area (Å²) in [5, 5.41) is 9.30. The zero-order valence-electron chi connectivity index (χ0n) is 10.8. The second-order valence-corrected chi connectivity index (χ2v) is 4.92. The van der Waals surface area contributed by atoms with E-state index >= 15 is 0 Å². The topological polar surface area (TPSA) is 62.9 Å². The number of ether oxygens (including phenoxy) is 1. The second-order valence-electron chi connectivity index (χ2n) is 4.92. The molecule has 1 aliphatic heterocycles. The number of nitrogens with zero attached hydrogens (tertiary/aromatic N) is 1. The average molecular weight is 253 g/mol. The molecule has 2 heterocycles. The first kappa shape index (κ1) is 13.1. The van der Waals surface area contributed by atoms with E-state index < -0.39 is 5.41 Å². The van der Waals surface area contributed by atoms with Gasteiger partial charge in [0.2, 0.25) is 5.91 Å². The molecule has 0 saturated carbocycles. The van der Waals surface area contributed by atoms with E-state index in [-0.39, 0.29) is 12.5 Å². The molecule has 5 nitrogen and oxygen atoms in total. The van der Waals surface area contributed by atoms with Crippen LogP contribution < -0.4 is 0 Å². The minimum atomic E-state index is -0.714. The number of likely N-dealkylation sites (N-methyl/N-ethyl adjacent to an activating group) is 1. The third-order valence-electron chi connectivity index (χ3n) is 3.35. The molecule has 1 saturated heterocycles. The summed E-state index contributed by atoms with van der Waals surface area (Å²) >= 11 is 0. The first-order valence-corrected chi connectivity index (χ1v) is 6.07. The molecule has 1 amide bonds. The SMILES string of the molecule is Cc1ccc(CCN(C)C(=O)C2(CO)COC2)o1. The number of rotatable bonds is 5. The van der Waals surface area contributed by atoms with Crippen molar-refractivity contribution in [3.05, 3.63) is 23.7 Å². The number of carbonyl (C=O) groups is 1. The van der Waals surface area contributed by atoms with Gasteiger partial charge in [0.15, 0.2) is 0 Å². The van der Waals surface area contributed by atoms with Crippen LogP contribution in [0, 0.1) is 12.3 Å². The van der Waals surface area contributed by atoms with Gasteiger partial charge in [-0.05, 0) is 19.1 Å². The Morgan fingerprint density at radius 1 is 1.50 bits per heavy atom. The predicted molar refractivity (Wildman–Crippen MR) is 65.1 cm³/mol. The molecule has 1 N–H and O–H groups in total. The quantitative estimate of drug-likeness (QED) is 0.834. The largest absolute Gasteiger partial charge is 0.466 e. The zero-order chi connectivity index (χ0) is 13.2. The van der Waals surface area contributed by atoms with Crippen molar-refractivity contribution in [3.63, 3.8) is 0 Å². The molecule has 1 aromatic heterocycles. The Kier molecular flexibility index (Phi) is 3.73. The summed E-state index contributed by atoms with van der Waals surface area (Å²) in [5.74, 6) is 1.69. The number of furan rings is 1. The molecule has 0 spiro atoms. The van der Waals surface area contributed by atoms with Crippen LogP contribution in [0.2, 0.25) is 0 Å². The van der Waals surface area contributed by atoms with Crippen molar-refractivity contribution in [1.29, 1.82) is 0 Å². The van der Waals surface area contributed by atoms with Crippen molar-refractivity contribution in [2.45, 2.75) is 13.3 Å². The summed E-state index contributed by atoms with van der Waals surface area (Å²) in [6.07, 6.45) is 0.679. The number of aliphatic hydroxyl groups is 1. The van der Waals surface area contributed by atoms with Crippen molar-refractivity contribution in [2.75, 3.05) is 33.4 Å². The summed E-state index contributed by atoms with van der Waals surface area (Å²) in [6, 6.07) is 3.83. The average Bonchev–Trinajstić information content (AvgIpc) is 2.71. The lowest BCUT2D eigenvalue weighted by Crippen LogP contribution is -2.56. The van der Waals surface area contributed by atoms with Gasteiger partial charge < -0.3 is 19.2 Å². The summed E-state index contributed by atoms with van der Waals surface area (Å²) in [4.78, 5) is 13.8. The molecule has 1 aliphatic rings. The molecule has 18 heavy (non-hydrogen) atoms. The third kappa shape index (κ3) is 2.42. The van der Waals surface area contributed by atoms with Gasteiger partial charge in [0.05, 0.1) is 19.8 Å². The monoisotopic (exact) mass is 253 g/mol. The minimum Gasteiger partial charge on any atom is -0.466 e. The Bertz CT molecular complexity index is 417. The van der Waals surface area contributed by atoms with Crippen molar-refractivity contribution in [2.24, 2.45) is 5.41 Å². The molecule has 0 aliphatic carbocycles. The Hall–Kier alpha value is -1.33. The highest BCUT2D eigenvalue weighted by molar-refractivity contribution is 5.83. The lowest BCUT2D eigenvalue weighted by atomic mass is 9.85. The van der Waals surface area contributed by atoms with Gasteiger partial charge in [-0.15, -0.1) is 0 Å². The van der Waals surface area contributed by atoms with Gasteiger partial charge in [-0.1, -0.05) is 0 Å². The first-order valence-electron chi connectivity index (χ1n) is 6.07. The van der Waals surface area contributed by atoms with Crippen LogP contribution in [0.15, 0.2) is 16.5 Å². The molecule has 100 valence electrons. The fourth-order valence-electron chi connectivity index (χ4n) is 2.03. The van der Waals surface area contributed by atoms with Gasteiger partial charge in [0, 0.05) is 20.0 Å². The van der Waals surface area contributed by atoms with Gasteiger partial charge in [0.1, 0.15) is 16.9 Å². The van der Waals surface area contributed by atoms with Crippen LogP contribution in [-0.2, 0) is 16.0 Å². The van der Waals surface area contributed by atoms with Gasteiger partial charge in [-0.3, -0.25) is 4.79 Å². The molecule has 0 bridgehead atoms. The molecule has 1 aromatic rings. The van der Waals surface area contributed by atoms with E-state index in [1.807, 2.05) is 19.1 Å². The maximum Gasteiger partial charge on any atom is 0.235 e. The van der Waals surface area contributed by atoms with E-state index in [1.54, 1.807) is 11.9 Å². The van der Waals surface area contributed by atoms with Gasteiger partial charge in [0.25, 0.3) is 0 Å². The van der Waals surface area contributed by atoms with E-state index in [4.69, 9.17) is 9.15 Å². The predicted octanol–water partition coefficient (Wildman–Crippen LogP) is 0.598. The molecule has 5 heteroatoms. The van der Waals surface area contributed by atoms with Crippen molar-refractivity contribution >= 4 is 5.91 Å². The van der Waals surface area contributed by atoms with Crippen molar-refractivity contribution < 1.29 is 19.1 Å². The molecule has 0 aromatic carbocycles. The number of carbonyl (C=O) groups excluding carboxylic acids is 1. The van der Waals surface area contributed by atoms with E-state index in [0.717, 1.165) is 11.5 Å². The normalized spacial score (nSPS) is 17.3. The number of hydrogen-bond acceptors (Lipinski definition) is 4. The summed E-state index contributed by atoms with van der Waals surface area (Å²) in [5.41, 5.74) is -0.714. The second kappa shape index (κ2) is 5.12. The summed E-state index contributed by atoms with van der Waals surface area (Å²) in [6.45, 7) is 2.94. The molecule has 2 rings (SSSR count). The molecule has 0 atom stereocenters. The molecular formula is C13H19NO4. The van der Waals surface area contributed by atoms with Crippen LogP contribution in [-0.4, -0.2) is 49.3 Å². The zero-order valence-corrected chi connectivity index (χ0v) is 10.8. The molecule has 0 radical (unpaired) electrons. The minimum absolute atomic E-state index is 0.0560. The maximum absolute atomic E-state index is 12.2. The van der Waals surface area contributed by atoms with E-state index in [0.29, 0.717) is 26.2 Å². The van der Waals surface area contributed by atoms with Crippen molar-refractivity contribution in [3.8, 4) is 0 Å². The third-order valence-corrected chi connectivity index (χ3v) is 3.35. The lowest BCUT2D eigenvalue weighted by Gasteiger charge is -2.40. The number of aryl methyl sites for hydroxylation is 1. The Labute approximate surface area is 106 Å². The Morgan fingerprint density at radius 2 is 2.22 bits per heavy atom. The lowest BCUT2D eigenvalue weighted by molar-refractivity contribution is -0.179. The van der Waals surface area contributed by atoms with Crippen LogP contribution >= 0.6 is 0 Å². The van der Waals surface area contributed by atoms with Gasteiger partial charge >= 0.3 is 0 Å². The number of aliphatic hydroxyl groups excluding tert-OH is 1. The fourth-order valence-corrected chi connectivity index (χ4v) is 2.03. The van der Waals surface area contributed by atoms with Crippen LogP contribution in [0.4, 0.5) is 0 Å². The highest BCUT2D eigenvalue weighted by atomic mass is 16.5. The highest BCUT2D eigenvalue weighted by Gasteiger charge is 2.46. The van der Waals surface area contributed by atoms with E-state index in [2.05, 4.69) is 0 Å². The summed E-state index contributed by atoms with van der Waals surface area (Å²) < 4.78 is 10.5. The van der Waals surface area contributed by atoms with Crippen LogP contribution in [0.5, 0.6) is 0 Å². The van der Waals surface area contributed by atoms with Gasteiger partial charge in [-0.25, -0.2) is 0 Å². The fraction of sp³-hybridized carbons (Fsp3) is 0.615.